The number of nitrogens with zero attached hydrogens (tertiary/aromatic N) is 8. The highest BCUT2D eigenvalue weighted by Gasteiger charge is 2.35. The Bertz CT molecular complexity index is 1840. The molecular weight excluding hydrogens is 587 g/mol. The quantitative estimate of drug-likeness (QED) is 0.212. The predicted octanol–water partition coefficient (Wildman–Crippen LogP) is 3.24. The molecule has 0 spiro atoms. The highest BCUT2D eigenvalue weighted by atomic mass is 19.2. The molecule has 0 saturated carbocycles. The van der Waals surface area contributed by atoms with Crippen LogP contribution >= 0.6 is 0 Å². The average molecular weight is 613 g/mol. The van der Waals surface area contributed by atoms with Gasteiger partial charge in [0.05, 0.1) is 24.5 Å². The van der Waals surface area contributed by atoms with E-state index in [-0.39, 0.29) is 17.8 Å². The molecule has 5 aromatic rings. The number of halogens is 5. The van der Waals surface area contributed by atoms with Crippen molar-refractivity contribution in [3.63, 3.8) is 0 Å². The number of aliphatic hydroxyl groups is 1. The van der Waals surface area contributed by atoms with Crippen LogP contribution < -0.4 is 15.5 Å². The Morgan fingerprint density at radius 2 is 1.45 bits per heavy atom. The van der Waals surface area contributed by atoms with Gasteiger partial charge in [0.2, 0.25) is 0 Å². The minimum atomic E-state index is -2.04. The molecule has 6 rings (SSSR count). The second-order valence-corrected chi connectivity index (χ2v) is 10.4. The fraction of sp³-hybridized carbons (Fsp3) is 0.241. The summed E-state index contributed by atoms with van der Waals surface area (Å²) in [6.45, 7) is 0.964. The molecular formula is C29H25F5N8O2. The van der Waals surface area contributed by atoms with E-state index in [4.69, 9.17) is 0 Å². The molecule has 1 atom stereocenters. The Labute approximate surface area is 246 Å². The molecule has 1 fully saturated rings. The molecule has 0 bridgehead atoms. The zero-order valence-electron chi connectivity index (χ0n) is 23.0. The number of anilines is 2. The van der Waals surface area contributed by atoms with Gasteiger partial charge in [0.1, 0.15) is 36.2 Å². The molecule has 1 aliphatic rings. The lowest BCUT2D eigenvalue weighted by Gasteiger charge is -2.37. The SMILES string of the molecule is O=c1n(-c2ccc(N3CCN(c4ccc(F)c(F)c4F)CC3)cc2)cnn1CC(O)(Cn1cncn1)c1ccc(F)cc1F. The van der Waals surface area contributed by atoms with Gasteiger partial charge in [0.25, 0.3) is 0 Å². The van der Waals surface area contributed by atoms with Gasteiger partial charge in [-0.05, 0) is 42.5 Å². The third-order valence-electron chi connectivity index (χ3n) is 7.60. The molecule has 44 heavy (non-hydrogen) atoms. The topological polar surface area (TPSA) is 97.2 Å². The van der Waals surface area contributed by atoms with Gasteiger partial charge < -0.3 is 14.9 Å². The molecule has 1 saturated heterocycles. The van der Waals surface area contributed by atoms with E-state index in [1.54, 1.807) is 29.2 Å². The van der Waals surface area contributed by atoms with Crippen LogP contribution in [-0.2, 0) is 18.7 Å². The second kappa shape index (κ2) is 11.6. The number of hydrogen-bond acceptors (Lipinski definition) is 7. The van der Waals surface area contributed by atoms with Gasteiger partial charge in [-0.3, -0.25) is 0 Å². The first-order chi connectivity index (χ1) is 21.1. The number of piperazine rings is 1. The van der Waals surface area contributed by atoms with Crippen LogP contribution in [0.5, 0.6) is 0 Å². The summed E-state index contributed by atoms with van der Waals surface area (Å²) in [4.78, 5) is 20.8. The summed E-state index contributed by atoms with van der Waals surface area (Å²) in [7, 11) is 0. The van der Waals surface area contributed by atoms with Gasteiger partial charge in [-0.15, -0.1) is 0 Å². The van der Waals surface area contributed by atoms with Gasteiger partial charge in [-0.1, -0.05) is 6.07 Å². The number of hydrogen-bond donors (Lipinski definition) is 1. The fourth-order valence-electron chi connectivity index (χ4n) is 5.33. The van der Waals surface area contributed by atoms with Crippen molar-refractivity contribution < 1.29 is 27.1 Å². The second-order valence-electron chi connectivity index (χ2n) is 10.4. The van der Waals surface area contributed by atoms with Crippen LogP contribution in [0.15, 0.2) is 78.4 Å². The Hall–Kier alpha value is -5.05. The highest BCUT2D eigenvalue weighted by molar-refractivity contribution is 5.54. The zero-order valence-corrected chi connectivity index (χ0v) is 23.0. The van der Waals surface area contributed by atoms with Crippen molar-refractivity contribution in [3.8, 4) is 5.69 Å². The lowest BCUT2D eigenvalue weighted by Crippen LogP contribution is -2.46. The van der Waals surface area contributed by atoms with E-state index in [0.29, 0.717) is 37.9 Å². The minimum absolute atomic E-state index is 0.00522. The van der Waals surface area contributed by atoms with Crippen LogP contribution in [0, 0.1) is 29.1 Å². The maximum Gasteiger partial charge on any atom is 0.350 e. The summed E-state index contributed by atoms with van der Waals surface area (Å²) in [6, 6.07) is 11.9. The smallest absolute Gasteiger partial charge is 0.350 e. The predicted molar refractivity (Wildman–Crippen MR) is 149 cm³/mol. The molecule has 1 unspecified atom stereocenters. The first kappa shape index (κ1) is 29.0. The summed E-state index contributed by atoms with van der Waals surface area (Å²) >= 11 is 0. The normalized spacial score (nSPS) is 15.0. The van der Waals surface area contributed by atoms with Crippen LogP contribution in [0.2, 0.25) is 0 Å². The molecule has 3 heterocycles. The molecule has 3 aromatic carbocycles. The lowest BCUT2D eigenvalue weighted by molar-refractivity contribution is -0.00948. The van der Waals surface area contributed by atoms with Crippen molar-refractivity contribution in [1.82, 2.24) is 29.1 Å². The Morgan fingerprint density at radius 1 is 0.750 bits per heavy atom. The van der Waals surface area contributed by atoms with Crippen molar-refractivity contribution in [3.05, 3.63) is 119 Å². The Morgan fingerprint density at radius 3 is 2.14 bits per heavy atom. The zero-order chi connectivity index (χ0) is 31.0. The van der Waals surface area contributed by atoms with Crippen molar-refractivity contribution in [1.29, 1.82) is 0 Å². The fourth-order valence-corrected chi connectivity index (χ4v) is 5.33. The third kappa shape index (κ3) is 5.53. The first-order valence-corrected chi connectivity index (χ1v) is 13.5. The molecule has 0 radical (unpaired) electrons. The summed E-state index contributed by atoms with van der Waals surface area (Å²) in [6.07, 6.45) is 3.82. The van der Waals surface area contributed by atoms with Crippen LogP contribution in [-0.4, -0.2) is 60.4 Å². The van der Waals surface area contributed by atoms with Gasteiger partial charge in [0.15, 0.2) is 17.5 Å². The van der Waals surface area contributed by atoms with E-state index < -0.39 is 46.9 Å². The largest absolute Gasteiger partial charge is 0.381 e. The van der Waals surface area contributed by atoms with Crippen LogP contribution in [0.25, 0.3) is 5.69 Å². The van der Waals surface area contributed by atoms with Crippen LogP contribution in [0.4, 0.5) is 33.3 Å². The first-order valence-electron chi connectivity index (χ1n) is 13.5. The average Bonchev–Trinajstić information content (AvgIpc) is 3.65. The van der Waals surface area contributed by atoms with Crippen molar-refractivity contribution in [2.45, 2.75) is 18.7 Å². The Balaban J connectivity index is 1.18. The van der Waals surface area contributed by atoms with E-state index in [1.165, 1.54) is 34.3 Å². The molecule has 2 aromatic heterocycles. The minimum Gasteiger partial charge on any atom is -0.381 e. The third-order valence-corrected chi connectivity index (χ3v) is 7.60. The Kier molecular flexibility index (Phi) is 7.63. The van der Waals surface area contributed by atoms with Gasteiger partial charge in [-0.2, -0.15) is 10.2 Å². The number of rotatable bonds is 8. The number of benzene rings is 3. The standard InChI is InChI=1S/C29H25F5N8O2/c30-19-1-6-22(24(32)13-19)29(44,14-40-17-35-16-36-40)15-42-28(43)41(18-37-42)21-4-2-20(3-5-21)38-9-11-39(12-10-38)25-8-7-23(31)26(33)27(25)34/h1-8,13,16-18,44H,9-12,14-15H2. The van der Waals surface area contributed by atoms with Crippen molar-refractivity contribution in [2.75, 3.05) is 36.0 Å². The van der Waals surface area contributed by atoms with Crippen LogP contribution in [0.3, 0.4) is 0 Å². The lowest BCUT2D eigenvalue weighted by atomic mass is 9.93. The molecule has 228 valence electrons. The monoisotopic (exact) mass is 612 g/mol. The van der Waals surface area contributed by atoms with Gasteiger partial charge >= 0.3 is 5.69 Å². The molecule has 15 heteroatoms. The molecule has 1 aliphatic heterocycles. The summed E-state index contributed by atoms with van der Waals surface area (Å²) in [5.41, 5.74) is -1.59. The molecule has 1 N–H and O–H groups in total. The van der Waals surface area contributed by atoms with E-state index in [1.807, 2.05) is 4.90 Å². The van der Waals surface area contributed by atoms with Crippen molar-refractivity contribution in [2.24, 2.45) is 0 Å². The molecule has 0 amide bonds. The van der Waals surface area contributed by atoms with Gasteiger partial charge in [0, 0.05) is 43.5 Å². The summed E-state index contributed by atoms with van der Waals surface area (Å²) in [5.74, 6) is -5.77. The van der Waals surface area contributed by atoms with E-state index >= 15 is 0 Å². The molecule has 10 nitrogen and oxygen atoms in total. The van der Waals surface area contributed by atoms with Crippen LogP contribution in [0.1, 0.15) is 5.56 Å². The summed E-state index contributed by atoms with van der Waals surface area (Å²) < 4.78 is 73.1. The van der Waals surface area contributed by atoms with Gasteiger partial charge in [-0.25, -0.2) is 45.7 Å². The highest BCUT2D eigenvalue weighted by Crippen LogP contribution is 2.29. The van der Waals surface area contributed by atoms with Crippen molar-refractivity contribution >= 4 is 11.4 Å². The maximum absolute atomic E-state index is 14.8. The van der Waals surface area contributed by atoms with E-state index in [9.17, 15) is 31.9 Å². The maximum atomic E-state index is 14.8. The van der Waals surface area contributed by atoms with E-state index in [2.05, 4.69) is 15.2 Å². The van der Waals surface area contributed by atoms with E-state index in [0.717, 1.165) is 28.6 Å². The summed E-state index contributed by atoms with van der Waals surface area (Å²) in [5, 5.41) is 19.6. The number of aromatic nitrogens is 6. The molecule has 0 aliphatic carbocycles.